The Kier molecular flexibility index (Phi) is 3.50. The van der Waals surface area contributed by atoms with E-state index in [0.29, 0.717) is 0 Å². The van der Waals surface area contributed by atoms with Gasteiger partial charge in [-0.3, -0.25) is 0 Å². The van der Waals surface area contributed by atoms with Gasteiger partial charge in [-0.2, -0.15) is 13.2 Å². The summed E-state index contributed by atoms with van der Waals surface area (Å²) in [5.41, 5.74) is -0.844. The van der Waals surface area contributed by atoms with E-state index in [2.05, 4.69) is 0 Å². The molecule has 0 radical (unpaired) electrons. The smallest absolute Gasteiger partial charge is 0.420 e. The van der Waals surface area contributed by atoms with Crippen LogP contribution in [0, 0.1) is 0 Å². The van der Waals surface area contributed by atoms with Crippen molar-refractivity contribution in [2.45, 2.75) is 26.1 Å². The van der Waals surface area contributed by atoms with Crippen LogP contribution in [0.5, 0.6) is 5.75 Å². The summed E-state index contributed by atoms with van der Waals surface area (Å²) in [4.78, 5) is 0. The van der Waals surface area contributed by atoms with Crippen LogP contribution < -0.4 is 4.74 Å². The second kappa shape index (κ2) is 4.31. The van der Waals surface area contributed by atoms with Gasteiger partial charge in [0.25, 0.3) is 0 Å². The molecule has 0 amide bonds. The lowest BCUT2D eigenvalue weighted by atomic mass is 10.2. The molecule has 0 bridgehead atoms. The summed E-state index contributed by atoms with van der Waals surface area (Å²) in [6, 6.07) is 3.57. The number of para-hydroxylation sites is 1. The average Bonchev–Trinajstić information content (AvgIpc) is 2.05. The first-order chi connectivity index (χ1) is 6.82. The second-order valence-electron chi connectivity index (χ2n) is 3.28. The van der Waals surface area contributed by atoms with E-state index in [4.69, 9.17) is 16.3 Å². The molecule has 0 aliphatic heterocycles. The van der Waals surface area contributed by atoms with Crippen molar-refractivity contribution in [3.8, 4) is 5.75 Å². The van der Waals surface area contributed by atoms with E-state index in [1.54, 1.807) is 13.8 Å². The van der Waals surface area contributed by atoms with Gasteiger partial charge in [-0.15, -0.1) is 0 Å². The van der Waals surface area contributed by atoms with Crippen LogP contribution >= 0.6 is 11.6 Å². The van der Waals surface area contributed by atoms with Crippen LogP contribution in [0.2, 0.25) is 5.02 Å². The molecule has 0 unspecified atom stereocenters. The second-order valence-corrected chi connectivity index (χ2v) is 3.69. The van der Waals surface area contributed by atoms with E-state index < -0.39 is 11.7 Å². The van der Waals surface area contributed by atoms with Crippen LogP contribution in [-0.4, -0.2) is 6.10 Å². The third kappa shape index (κ3) is 3.02. The standard InChI is InChI=1S/C10H10ClF3O/c1-6(2)15-9-7(10(12,13)14)4-3-5-8(9)11/h3-6H,1-2H3. The summed E-state index contributed by atoms with van der Waals surface area (Å²) in [5, 5.41) is -0.0291. The van der Waals surface area contributed by atoms with Gasteiger partial charge >= 0.3 is 6.18 Å². The zero-order chi connectivity index (χ0) is 11.6. The van der Waals surface area contributed by atoms with Crippen LogP contribution in [0.3, 0.4) is 0 Å². The van der Waals surface area contributed by atoms with Gasteiger partial charge in [0.2, 0.25) is 0 Å². The molecule has 0 heterocycles. The largest absolute Gasteiger partial charge is 0.489 e. The molecule has 15 heavy (non-hydrogen) atoms. The molecule has 0 saturated heterocycles. The molecule has 1 aromatic carbocycles. The Hall–Kier alpha value is -0.900. The van der Waals surface area contributed by atoms with Crippen LogP contribution in [0.1, 0.15) is 19.4 Å². The number of ether oxygens (including phenoxy) is 1. The highest BCUT2D eigenvalue weighted by molar-refractivity contribution is 6.32. The van der Waals surface area contributed by atoms with Crippen molar-refractivity contribution in [2.75, 3.05) is 0 Å². The van der Waals surface area contributed by atoms with Crippen LogP contribution in [0.4, 0.5) is 13.2 Å². The zero-order valence-corrected chi connectivity index (χ0v) is 8.99. The highest BCUT2D eigenvalue weighted by Crippen LogP contribution is 2.40. The van der Waals surface area contributed by atoms with Crippen molar-refractivity contribution in [1.82, 2.24) is 0 Å². The first kappa shape index (κ1) is 12.2. The number of hydrogen-bond acceptors (Lipinski definition) is 1. The fourth-order valence-electron chi connectivity index (χ4n) is 1.09. The highest BCUT2D eigenvalue weighted by atomic mass is 35.5. The number of hydrogen-bond donors (Lipinski definition) is 0. The summed E-state index contributed by atoms with van der Waals surface area (Å²) in [7, 11) is 0. The number of benzene rings is 1. The average molecular weight is 239 g/mol. The summed E-state index contributed by atoms with van der Waals surface area (Å²) < 4.78 is 42.7. The monoisotopic (exact) mass is 238 g/mol. The van der Waals surface area contributed by atoms with Crippen LogP contribution in [0.15, 0.2) is 18.2 Å². The van der Waals surface area contributed by atoms with Gasteiger partial charge in [0.15, 0.2) is 5.75 Å². The summed E-state index contributed by atoms with van der Waals surface area (Å²) in [6.07, 6.45) is -4.80. The number of halogens is 4. The van der Waals surface area contributed by atoms with Crippen molar-refractivity contribution in [1.29, 1.82) is 0 Å². The lowest BCUT2D eigenvalue weighted by Crippen LogP contribution is -2.13. The topological polar surface area (TPSA) is 9.23 Å². The first-order valence-electron chi connectivity index (χ1n) is 4.34. The third-order valence-corrected chi connectivity index (χ3v) is 1.92. The van der Waals surface area contributed by atoms with Gasteiger partial charge in [-0.05, 0) is 26.0 Å². The Bertz CT molecular complexity index is 347. The van der Waals surface area contributed by atoms with Crippen molar-refractivity contribution < 1.29 is 17.9 Å². The molecule has 84 valence electrons. The van der Waals surface area contributed by atoms with Gasteiger partial charge in [-0.1, -0.05) is 17.7 Å². The van der Waals surface area contributed by atoms with Crippen molar-refractivity contribution >= 4 is 11.6 Å². The first-order valence-corrected chi connectivity index (χ1v) is 4.72. The number of rotatable bonds is 2. The molecule has 1 aromatic rings. The van der Waals surface area contributed by atoms with Gasteiger partial charge in [0, 0.05) is 0 Å². The minimum atomic E-state index is -4.45. The zero-order valence-electron chi connectivity index (χ0n) is 8.23. The Balaban J connectivity index is 3.21. The van der Waals surface area contributed by atoms with Crippen LogP contribution in [-0.2, 0) is 6.18 Å². The maximum Gasteiger partial charge on any atom is 0.420 e. The number of alkyl halides is 3. The molecule has 0 N–H and O–H groups in total. The molecule has 0 aliphatic carbocycles. The molecule has 0 fully saturated rings. The Morgan fingerprint density at radius 1 is 1.27 bits per heavy atom. The van der Waals surface area contributed by atoms with Gasteiger partial charge in [0.1, 0.15) is 0 Å². The lowest BCUT2D eigenvalue weighted by molar-refractivity contribution is -0.139. The SMILES string of the molecule is CC(C)Oc1c(Cl)cccc1C(F)(F)F. The molecule has 0 atom stereocenters. The normalized spacial score (nSPS) is 11.9. The summed E-state index contributed by atoms with van der Waals surface area (Å²) in [5.74, 6) is -0.304. The maximum absolute atomic E-state index is 12.5. The lowest BCUT2D eigenvalue weighted by Gasteiger charge is -2.17. The molecule has 0 aromatic heterocycles. The minimum absolute atomic E-state index is 0.0291. The molecular weight excluding hydrogens is 229 g/mol. The molecular formula is C10H10ClF3O. The van der Waals surface area contributed by atoms with E-state index in [0.717, 1.165) is 6.07 Å². The fourth-order valence-corrected chi connectivity index (χ4v) is 1.31. The fraction of sp³-hybridized carbons (Fsp3) is 0.400. The summed E-state index contributed by atoms with van der Waals surface area (Å²) >= 11 is 5.65. The Morgan fingerprint density at radius 2 is 1.87 bits per heavy atom. The van der Waals surface area contributed by atoms with Gasteiger partial charge in [-0.25, -0.2) is 0 Å². The van der Waals surface area contributed by atoms with Crippen molar-refractivity contribution in [3.63, 3.8) is 0 Å². The molecule has 0 saturated carbocycles. The molecule has 1 rings (SSSR count). The van der Waals surface area contributed by atoms with E-state index in [1.807, 2.05) is 0 Å². The van der Waals surface area contributed by atoms with E-state index in [-0.39, 0.29) is 16.9 Å². The van der Waals surface area contributed by atoms with Gasteiger partial charge in [0.05, 0.1) is 16.7 Å². The Morgan fingerprint density at radius 3 is 2.33 bits per heavy atom. The molecule has 1 nitrogen and oxygen atoms in total. The molecule has 0 aliphatic rings. The predicted molar refractivity (Wildman–Crippen MR) is 52.2 cm³/mol. The minimum Gasteiger partial charge on any atom is -0.489 e. The van der Waals surface area contributed by atoms with E-state index >= 15 is 0 Å². The van der Waals surface area contributed by atoms with Crippen LogP contribution in [0.25, 0.3) is 0 Å². The molecule has 0 spiro atoms. The van der Waals surface area contributed by atoms with Gasteiger partial charge < -0.3 is 4.74 Å². The highest BCUT2D eigenvalue weighted by Gasteiger charge is 2.35. The van der Waals surface area contributed by atoms with E-state index in [1.165, 1.54) is 12.1 Å². The van der Waals surface area contributed by atoms with Crippen molar-refractivity contribution in [3.05, 3.63) is 28.8 Å². The maximum atomic E-state index is 12.5. The van der Waals surface area contributed by atoms with Crippen molar-refractivity contribution in [2.24, 2.45) is 0 Å². The Labute approximate surface area is 90.8 Å². The predicted octanol–water partition coefficient (Wildman–Crippen LogP) is 4.15. The quantitative estimate of drug-likeness (QED) is 0.752. The molecule has 5 heteroatoms. The third-order valence-electron chi connectivity index (χ3n) is 1.63. The summed E-state index contributed by atoms with van der Waals surface area (Å²) in [6.45, 7) is 3.28. The van der Waals surface area contributed by atoms with E-state index in [9.17, 15) is 13.2 Å².